The maximum atomic E-state index is 12.7. The molecule has 1 aliphatic heterocycles. The molecule has 2 heterocycles. The summed E-state index contributed by atoms with van der Waals surface area (Å²) in [5.74, 6) is -0.0522. The van der Waals surface area contributed by atoms with Crippen molar-refractivity contribution in [3.8, 4) is 11.8 Å². The lowest BCUT2D eigenvalue weighted by Crippen LogP contribution is -2.38. The number of aromatic nitrogens is 1. The van der Waals surface area contributed by atoms with E-state index in [1.54, 1.807) is 6.07 Å². The summed E-state index contributed by atoms with van der Waals surface area (Å²) in [6.45, 7) is -0.899. The van der Waals surface area contributed by atoms with Gasteiger partial charge in [-0.05, 0) is 49.1 Å². The zero-order chi connectivity index (χ0) is 20.2. The Morgan fingerprint density at radius 1 is 1.38 bits per heavy atom. The summed E-state index contributed by atoms with van der Waals surface area (Å²) in [5, 5.41) is 16.3. The van der Waals surface area contributed by atoms with Crippen molar-refractivity contribution in [2.75, 3.05) is 6.86 Å². The Kier molecular flexibility index (Phi) is 3.85. The number of hydrazone groups is 1. The van der Waals surface area contributed by atoms with Crippen molar-refractivity contribution in [2.24, 2.45) is 18.1 Å². The minimum absolute atomic E-state index is 0.136. The maximum Gasteiger partial charge on any atom is 0.248 e. The third kappa shape index (κ3) is 2.45. The number of nitriles is 1. The fraction of sp³-hybridized carbons (Fsp3) is 0.318. The summed E-state index contributed by atoms with van der Waals surface area (Å²) in [6, 6.07) is 13.9. The smallest absolute Gasteiger partial charge is 0.248 e. The van der Waals surface area contributed by atoms with E-state index >= 15 is 0 Å². The predicted molar refractivity (Wildman–Crippen MR) is 107 cm³/mol. The highest BCUT2D eigenvalue weighted by Gasteiger charge is 2.46. The number of fused-ring (bicyclic) bond motifs is 4. The second-order valence-electron chi connectivity index (χ2n) is 7.72. The van der Waals surface area contributed by atoms with Crippen molar-refractivity contribution < 1.29 is 13.9 Å². The number of nitrogens with one attached hydrogen (secondary N) is 1. The van der Waals surface area contributed by atoms with Gasteiger partial charge in [0, 0.05) is 28.9 Å². The van der Waals surface area contributed by atoms with Gasteiger partial charge in [0.25, 0.3) is 0 Å². The molecule has 7 heteroatoms. The number of halogens is 1. The first-order chi connectivity index (χ1) is 14.1. The molecule has 1 saturated carbocycles. The van der Waals surface area contributed by atoms with Gasteiger partial charge in [-0.1, -0.05) is 12.1 Å². The van der Waals surface area contributed by atoms with Crippen molar-refractivity contribution in [1.29, 1.82) is 5.26 Å². The number of alkyl halides is 1. The highest BCUT2D eigenvalue weighted by molar-refractivity contribution is 6.12. The fourth-order valence-electron chi connectivity index (χ4n) is 4.86. The fourth-order valence-corrected chi connectivity index (χ4v) is 4.86. The molecular weight excluding hydrogens is 371 g/mol. The maximum absolute atomic E-state index is 12.7. The van der Waals surface area contributed by atoms with Gasteiger partial charge in [-0.3, -0.25) is 4.79 Å². The van der Waals surface area contributed by atoms with E-state index in [0.717, 1.165) is 33.1 Å². The molecule has 2 aliphatic rings. The van der Waals surface area contributed by atoms with Gasteiger partial charge in [-0.25, -0.2) is 9.82 Å². The molecule has 1 aromatic heterocycles. The van der Waals surface area contributed by atoms with Crippen LogP contribution in [0.3, 0.4) is 0 Å². The minimum atomic E-state index is -0.899. The van der Waals surface area contributed by atoms with E-state index < -0.39 is 12.3 Å². The molecular formula is C22H19FN4O2. The third-order valence-corrected chi connectivity index (χ3v) is 6.34. The topological polar surface area (TPSA) is 79.4 Å². The molecule has 0 spiro atoms. The summed E-state index contributed by atoms with van der Waals surface area (Å²) >= 11 is 0. The molecule has 2 atom stereocenters. The first kappa shape index (κ1) is 17.7. The molecule has 1 aliphatic carbocycles. The summed E-state index contributed by atoms with van der Waals surface area (Å²) in [6.07, 6.45) is 1.61. The van der Waals surface area contributed by atoms with Gasteiger partial charge in [0.2, 0.25) is 12.8 Å². The molecule has 1 N–H and O–H groups in total. The first-order valence-corrected chi connectivity index (χ1v) is 9.56. The summed E-state index contributed by atoms with van der Waals surface area (Å²) < 4.78 is 19.9. The molecule has 6 nitrogen and oxygen atoms in total. The zero-order valence-corrected chi connectivity index (χ0v) is 15.9. The number of ether oxygens (including phenoxy) is 1. The van der Waals surface area contributed by atoms with E-state index in [4.69, 9.17) is 4.74 Å². The third-order valence-electron chi connectivity index (χ3n) is 6.34. The highest BCUT2D eigenvalue weighted by Crippen LogP contribution is 2.46. The summed E-state index contributed by atoms with van der Waals surface area (Å²) in [5.41, 5.74) is 5.46. The Labute approximate surface area is 166 Å². The van der Waals surface area contributed by atoms with Crippen molar-refractivity contribution >= 4 is 33.4 Å². The second-order valence-corrected chi connectivity index (χ2v) is 7.72. The van der Waals surface area contributed by atoms with E-state index in [9.17, 15) is 14.4 Å². The van der Waals surface area contributed by atoms with E-state index in [1.807, 2.05) is 37.4 Å². The van der Waals surface area contributed by atoms with Gasteiger partial charge >= 0.3 is 0 Å². The molecule has 5 rings (SSSR count). The molecule has 2 unspecified atom stereocenters. The monoisotopic (exact) mass is 390 g/mol. The van der Waals surface area contributed by atoms with Gasteiger partial charge < -0.3 is 9.30 Å². The number of carbonyl (C=O) groups is 1. The van der Waals surface area contributed by atoms with Crippen molar-refractivity contribution in [1.82, 2.24) is 9.99 Å². The van der Waals surface area contributed by atoms with E-state index in [-0.39, 0.29) is 11.8 Å². The Bertz CT molecular complexity index is 1240. The van der Waals surface area contributed by atoms with Crippen molar-refractivity contribution in [2.45, 2.75) is 24.7 Å². The molecule has 1 fully saturated rings. The molecule has 29 heavy (non-hydrogen) atoms. The van der Waals surface area contributed by atoms with Crippen LogP contribution < -0.4 is 10.2 Å². The SMILES string of the molecule is Cn1c2ccc(OCF)cc2c2c(C3(C#N)CCC4=NNC(=O)C4C3)cccc21. The number of aryl methyl sites for hydroxylation is 1. The van der Waals surface area contributed by atoms with Gasteiger partial charge in [0.05, 0.1) is 23.1 Å². The van der Waals surface area contributed by atoms with Gasteiger partial charge in [0.15, 0.2) is 0 Å². The Morgan fingerprint density at radius 3 is 3.03 bits per heavy atom. The van der Waals surface area contributed by atoms with Crippen LogP contribution in [0.25, 0.3) is 21.8 Å². The molecule has 146 valence electrons. The Hall–Kier alpha value is -3.40. The minimum Gasteiger partial charge on any atom is -0.463 e. The molecule has 0 bridgehead atoms. The van der Waals surface area contributed by atoms with Crippen LogP contribution in [0.2, 0.25) is 0 Å². The molecule has 2 aromatic carbocycles. The van der Waals surface area contributed by atoms with Crippen LogP contribution in [0.4, 0.5) is 4.39 Å². The zero-order valence-electron chi connectivity index (χ0n) is 15.9. The second kappa shape index (κ2) is 6.31. The van der Waals surface area contributed by atoms with Gasteiger partial charge in [-0.2, -0.15) is 10.4 Å². The quantitative estimate of drug-likeness (QED) is 0.741. The number of nitrogens with zero attached hydrogens (tertiary/aromatic N) is 3. The summed E-state index contributed by atoms with van der Waals surface area (Å²) in [4.78, 5) is 12.2. The largest absolute Gasteiger partial charge is 0.463 e. The van der Waals surface area contributed by atoms with Crippen LogP contribution in [0.5, 0.6) is 5.75 Å². The number of carbonyl (C=O) groups excluding carboxylic acids is 1. The van der Waals surface area contributed by atoms with Crippen molar-refractivity contribution in [3.05, 3.63) is 42.0 Å². The predicted octanol–water partition coefficient (Wildman–Crippen LogP) is 3.68. The number of benzene rings is 2. The van der Waals surface area contributed by atoms with E-state index in [1.165, 1.54) is 0 Å². The average Bonchev–Trinajstić information content (AvgIpc) is 3.25. The van der Waals surface area contributed by atoms with Gasteiger partial charge in [0.1, 0.15) is 5.75 Å². The number of hydrogen-bond donors (Lipinski definition) is 1. The first-order valence-electron chi connectivity index (χ1n) is 9.56. The average molecular weight is 390 g/mol. The van der Waals surface area contributed by atoms with Crippen LogP contribution in [0.1, 0.15) is 24.8 Å². The number of hydrogen-bond acceptors (Lipinski definition) is 4. The Balaban J connectivity index is 1.76. The normalized spacial score (nSPS) is 23.6. The van der Waals surface area contributed by atoms with E-state index in [0.29, 0.717) is 25.0 Å². The number of rotatable bonds is 3. The van der Waals surface area contributed by atoms with Gasteiger partial charge in [-0.15, -0.1) is 0 Å². The lowest BCUT2D eigenvalue weighted by Gasteiger charge is -2.34. The number of amides is 1. The van der Waals surface area contributed by atoms with Crippen LogP contribution in [0, 0.1) is 17.2 Å². The van der Waals surface area contributed by atoms with Crippen LogP contribution in [-0.2, 0) is 17.3 Å². The lowest BCUT2D eigenvalue weighted by molar-refractivity contribution is -0.122. The molecule has 0 saturated heterocycles. The van der Waals surface area contributed by atoms with Crippen LogP contribution in [-0.4, -0.2) is 23.0 Å². The Morgan fingerprint density at radius 2 is 2.24 bits per heavy atom. The summed E-state index contributed by atoms with van der Waals surface area (Å²) in [7, 11) is 1.97. The van der Waals surface area contributed by atoms with Crippen LogP contribution >= 0.6 is 0 Å². The molecule has 3 aromatic rings. The molecule has 0 radical (unpaired) electrons. The highest BCUT2D eigenvalue weighted by atomic mass is 19.1. The van der Waals surface area contributed by atoms with E-state index in [2.05, 4.69) is 21.2 Å². The standard InChI is InChI=1S/C22H19FN4O2/c1-27-18-6-5-13(29-12-23)9-14(18)20-16(3-2-4-19(20)27)22(11-24)8-7-17-15(10-22)21(28)26-25-17/h2-6,9,15H,7-8,10,12H2,1H3,(H,26,28). The van der Waals surface area contributed by atoms with Crippen molar-refractivity contribution in [3.63, 3.8) is 0 Å². The lowest BCUT2D eigenvalue weighted by atomic mass is 9.65. The van der Waals surface area contributed by atoms with Crippen LogP contribution in [0.15, 0.2) is 41.5 Å². The molecule has 1 amide bonds.